The van der Waals surface area contributed by atoms with Gasteiger partial charge in [0.05, 0.1) is 11.4 Å². The van der Waals surface area contributed by atoms with Gasteiger partial charge in [-0.15, -0.1) is 0 Å². The van der Waals surface area contributed by atoms with Crippen LogP contribution in [0.25, 0.3) is 0 Å². The van der Waals surface area contributed by atoms with Crippen molar-refractivity contribution in [2.45, 2.75) is 32.6 Å². The van der Waals surface area contributed by atoms with Gasteiger partial charge in [-0.25, -0.2) is 8.42 Å². The molecule has 0 atom stereocenters. The van der Waals surface area contributed by atoms with E-state index < -0.39 is 10.0 Å². The van der Waals surface area contributed by atoms with Gasteiger partial charge in [0.1, 0.15) is 0 Å². The average molecular weight is 375 g/mol. The lowest BCUT2D eigenvalue weighted by atomic mass is 10.1. The number of hydrogen-bond acceptors (Lipinski definition) is 4. The molecule has 6 heteroatoms. The Kier molecular flexibility index (Phi) is 6.56. The predicted molar refractivity (Wildman–Crippen MR) is 105 cm³/mol. The first-order valence-electron chi connectivity index (χ1n) is 8.74. The molecule has 0 saturated heterocycles. The van der Waals surface area contributed by atoms with E-state index in [-0.39, 0.29) is 17.2 Å². The molecule has 0 aliphatic rings. The largest absolute Gasteiger partial charge is 0.378 e. The molecule has 0 fully saturated rings. The Morgan fingerprint density at radius 2 is 1.58 bits per heavy atom. The Balaban J connectivity index is 2.07. The summed E-state index contributed by atoms with van der Waals surface area (Å²) in [4.78, 5) is 12.6. The number of nitrogens with zero attached hydrogens (tertiary/aromatic N) is 1. The minimum atomic E-state index is -3.50. The van der Waals surface area contributed by atoms with Gasteiger partial charge in [-0.3, -0.25) is 4.79 Å². The highest BCUT2D eigenvalue weighted by molar-refractivity contribution is 7.89. The second kappa shape index (κ2) is 8.47. The highest BCUT2D eigenvalue weighted by Crippen LogP contribution is 2.17. The van der Waals surface area contributed by atoms with E-state index in [0.717, 1.165) is 11.3 Å². The van der Waals surface area contributed by atoms with E-state index in [1.165, 1.54) is 22.0 Å². The lowest BCUT2D eigenvalue weighted by molar-refractivity contribution is 0.101. The van der Waals surface area contributed by atoms with Gasteiger partial charge < -0.3 is 5.32 Å². The highest BCUT2D eigenvalue weighted by Gasteiger charge is 2.21. The summed E-state index contributed by atoms with van der Waals surface area (Å²) in [5.74, 6) is -0.0879. The lowest BCUT2D eigenvalue weighted by Gasteiger charge is -2.18. The number of hydrogen-bond donors (Lipinski definition) is 1. The number of rotatable bonds is 8. The molecule has 1 N–H and O–H groups in total. The van der Waals surface area contributed by atoms with E-state index in [9.17, 15) is 13.2 Å². The Labute approximate surface area is 156 Å². The van der Waals surface area contributed by atoms with Crippen LogP contribution in [0.15, 0.2) is 47.4 Å². The molecule has 5 nitrogen and oxygen atoms in total. The second-order valence-corrected chi connectivity index (χ2v) is 8.13. The lowest BCUT2D eigenvalue weighted by Crippen LogP contribution is -2.30. The highest BCUT2D eigenvalue weighted by atomic mass is 32.2. The van der Waals surface area contributed by atoms with Crippen LogP contribution in [0.2, 0.25) is 0 Å². The zero-order valence-corrected chi connectivity index (χ0v) is 16.6. The van der Waals surface area contributed by atoms with Crippen LogP contribution < -0.4 is 5.32 Å². The van der Waals surface area contributed by atoms with Crippen molar-refractivity contribution in [3.8, 4) is 0 Å². The number of benzene rings is 2. The molecule has 0 unspecified atom stereocenters. The van der Waals surface area contributed by atoms with E-state index >= 15 is 0 Å². The van der Waals surface area contributed by atoms with Crippen LogP contribution in [0.1, 0.15) is 35.3 Å². The number of aryl methyl sites for hydroxylation is 2. The monoisotopic (exact) mass is 374 g/mol. The van der Waals surface area contributed by atoms with Gasteiger partial charge in [0.15, 0.2) is 5.78 Å². The summed E-state index contributed by atoms with van der Waals surface area (Å²) in [6.07, 6.45) is 0. The first-order valence-corrected chi connectivity index (χ1v) is 10.2. The quantitative estimate of drug-likeness (QED) is 0.717. The normalized spacial score (nSPS) is 11.6. The third kappa shape index (κ3) is 4.51. The number of anilines is 1. The summed E-state index contributed by atoms with van der Waals surface area (Å²) in [6, 6.07) is 12.1. The fourth-order valence-corrected chi connectivity index (χ4v) is 4.12. The first-order chi connectivity index (χ1) is 12.3. The molecule has 26 heavy (non-hydrogen) atoms. The predicted octanol–water partition coefficient (Wildman–Crippen LogP) is 3.63. The van der Waals surface area contributed by atoms with Crippen molar-refractivity contribution < 1.29 is 13.2 Å². The van der Waals surface area contributed by atoms with E-state index in [1.54, 1.807) is 26.0 Å². The van der Waals surface area contributed by atoms with Gasteiger partial charge in [-0.05, 0) is 61.4 Å². The number of Topliss-reactive ketones (excluding diaryl/α,β-unsaturated/α-hetero) is 1. The van der Waals surface area contributed by atoms with Gasteiger partial charge in [0.25, 0.3) is 0 Å². The molecule has 0 aliphatic heterocycles. The standard InChI is InChI=1S/C20H26N2O3S/c1-5-22(6-2)26(24,25)19-11-8-17(9-12-19)20(23)14-21-18-10-7-15(3)16(4)13-18/h7-13,21H,5-6,14H2,1-4H3. The molecule has 2 aromatic carbocycles. The van der Waals surface area contributed by atoms with Gasteiger partial charge in [-0.1, -0.05) is 19.9 Å². The summed E-state index contributed by atoms with van der Waals surface area (Å²) in [5, 5.41) is 3.12. The Bertz CT molecular complexity index is 870. The second-order valence-electron chi connectivity index (χ2n) is 6.19. The van der Waals surface area contributed by atoms with Gasteiger partial charge in [0, 0.05) is 24.3 Å². The van der Waals surface area contributed by atoms with E-state index in [2.05, 4.69) is 5.32 Å². The number of carbonyl (C=O) groups excluding carboxylic acids is 1. The number of carbonyl (C=O) groups is 1. The van der Waals surface area contributed by atoms with Crippen LogP contribution in [0, 0.1) is 13.8 Å². The fraction of sp³-hybridized carbons (Fsp3) is 0.350. The molecule has 0 bridgehead atoms. The van der Waals surface area contributed by atoms with Crippen molar-refractivity contribution in [1.82, 2.24) is 4.31 Å². The maximum absolute atomic E-state index is 12.5. The van der Waals surface area contributed by atoms with Crippen molar-refractivity contribution in [3.05, 3.63) is 59.2 Å². The van der Waals surface area contributed by atoms with Crippen molar-refractivity contribution in [1.29, 1.82) is 0 Å². The van der Waals surface area contributed by atoms with Crippen molar-refractivity contribution >= 4 is 21.5 Å². The maximum atomic E-state index is 12.5. The molecule has 0 spiro atoms. The summed E-state index contributed by atoms with van der Waals surface area (Å²) < 4.78 is 26.3. The summed E-state index contributed by atoms with van der Waals surface area (Å²) in [7, 11) is -3.50. The Morgan fingerprint density at radius 1 is 0.962 bits per heavy atom. The summed E-state index contributed by atoms with van der Waals surface area (Å²) >= 11 is 0. The Hall–Kier alpha value is -2.18. The summed E-state index contributed by atoms with van der Waals surface area (Å²) in [6.45, 7) is 8.66. The molecular formula is C20H26N2O3S. The third-order valence-corrected chi connectivity index (χ3v) is 6.54. The number of ketones is 1. The van der Waals surface area contributed by atoms with Crippen LogP contribution in [-0.2, 0) is 10.0 Å². The Morgan fingerprint density at radius 3 is 2.12 bits per heavy atom. The minimum absolute atomic E-state index is 0.0879. The molecule has 2 aromatic rings. The fourth-order valence-electron chi connectivity index (χ4n) is 2.66. The molecular weight excluding hydrogens is 348 g/mol. The van der Waals surface area contributed by atoms with Crippen LogP contribution >= 0.6 is 0 Å². The molecule has 0 amide bonds. The smallest absolute Gasteiger partial charge is 0.243 e. The number of sulfonamides is 1. The molecule has 2 rings (SSSR count). The van der Waals surface area contributed by atoms with E-state index in [0.29, 0.717) is 18.7 Å². The van der Waals surface area contributed by atoms with E-state index in [1.807, 2.05) is 32.0 Å². The van der Waals surface area contributed by atoms with E-state index in [4.69, 9.17) is 0 Å². The zero-order chi connectivity index (χ0) is 19.3. The molecule has 0 heterocycles. The van der Waals surface area contributed by atoms with Gasteiger partial charge >= 0.3 is 0 Å². The third-order valence-electron chi connectivity index (χ3n) is 4.48. The van der Waals surface area contributed by atoms with Crippen LogP contribution in [0.5, 0.6) is 0 Å². The summed E-state index contributed by atoms with van der Waals surface area (Å²) in [5.41, 5.74) is 3.74. The molecule has 0 aromatic heterocycles. The number of nitrogens with one attached hydrogen (secondary N) is 1. The van der Waals surface area contributed by atoms with Crippen LogP contribution in [-0.4, -0.2) is 38.1 Å². The molecule has 0 aliphatic carbocycles. The maximum Gasteiger partial charge on any atom is 0.243 e. The topological polar surface area (TPSA) is 66.5 Å². The zero-order valence-electron chi connectivity index (χ0n) is 15.7. The van der Waals surface area contributed by atoms with Crippen molar-refractivity contribution in [2.24, 2.45) is 0 Å². The SMILES string of the molecule is CCN(CC)S(=O)(=O)c1ccc(C(=O)CNc2ccc(C)c(C)c2)cc1. The molecule has 0 saturated carbocycles. The van der Waals surface area contributed by atoms with Crippen molar-refractivity contribution in [2.75, 3.05) is 25.0 Å². The molecule has 0 radical (unpaired) electrons. The van der Waals surface area contributed by atoms with Crippen LogP contribution in [0.3, 0.4) is 0 Å². The minimum Gasteiger partial charge on any atom is -0.378 e. The van der Waals surface area contributed by atoms with Gasteiger partial charge in [0.2, 0.25) is 10.0 Å². The first kappa shape index (κ1) is 20.1. The van der Waals surface area contributed by atoms with Crippen LogP contribution in [0.4, 0.5) is 5.69 Å². The van der Waals surface area contributed by atoms with Gasteiger partial charge in [-0.2, -0.15) is 4.31 Å². The molecule has 140 valence electrons. The van der Waals surface area contributed by atoms with Crippen molar-refractivity contribution in [3.63, 3.8) is 0 Å². The average Bonchev–Trinajstić information content (AvgIpc) is 2.63.